The molecule has 0 aliphatic heterocycles. The first kappa shape index (κ1) is 13.7. The van der Waals surface area contributed by atoms with Crippen molar-refractivity contribution in [2.24, 2.45) is 0 Å². The Hall–Kier alpha value is -0.350. The Morgan fingerprint density at radius 1 is 1.57 bits per heavy atom. The van der Waals surface area contributed by atoms with Gasteiger partial charge in [-0.05, 0) is 26.3 Å². The van der Waals surface area contributed by atoms with Gasteiger partial charge in [-0.3, -0.25) is 9.69 Å². The largest absolute Gasteiger partial charge is 0.481 e. The van der Waals surface area contributed by atoms with Crippen molar-refractivity contribution in [1.82, 2.24) is 4.90 Å². The van der Waals surface area contributed by atoms with E-state index >= 15 is 0 Å². The van der Waals surface area contributed by atoms with E-state index in [0.29, 0.717) is 13.0 Å². The zero-order chi connectivity index (χ0) is 9.84. The van der Waals surface area contributed by atoms with E-state index in [0.717, 1.165) is 12.8 Å². The molecule has 3 nitrogen and oxygen atoms in total. The lowest BCUT2D eigenvalue weighted by molar-refractivity contribution is -0.137. The molecule has 1 N–H and O–H groups in total. The van der Waals surface area contributed by atoms with Crippen molar-refractivity contribution in [2.75, 3.05) is 13.6 Å². The van der Waals surface area contributed by atoms with Crippen LogP contribution >= 0.6 is 12.4 Å². The van der Waals surface area contributed by atoms with Crippen molar-refractivity contribution in [1.29, 1.82) is 0 Å². The second-order valence-corrected chi connectivity index (χ2v) is 3.64. The molecule has 5 heteroatoms. The first-order chi connectivity index (χ1) is 6.11. The van der Waals surface area contributed by atoms with Crippen LogP contribution in [-0.4, -0.2) is 41.8 Å². The van der Waals surface area contributed by atoms with Gasteiger partial charge in [0.2, 0.25) is 0 Å². The fraction of sp³-hybridized carbons (Fsp3) is 0.889. The molecule has 2 atom stereocenters. The Kier molecular flexibility index (Phi) is 6.04. The normalized spacial score (nSPS) is 26.2. The smallest absolute Gasteiger partial charge is 0.304 e. The average Bonchev–Trinajstić information content (AvgIpc) is 2.47. The molecule has 0 aromatic rings. The molecule has 0 unspecified atom stereocenters. The van der Waals surface area contributed by atoms with E-state index in [1.165, 1.54) is 0 Å². The number of carboxylic acids is 1. The number of alkyl halides is 1. The van der Waals surface area contributed by atoms with Crippen molar-refractivity contribution < 1.29 is 14.3 Å². The third kappa shape index (κ3) is 3.80. The van der Waals surface area contributed by atoms with Crippen LogP contribution in [0.3, 0.4) is 0 Å². The highest BCUT2D eigenvalue weighted by molar-refractivity contribution is 5.85. The van der Waals surface area contributed by atoms with Crippen LogP contribution in [0.15, 0.2) is 0 Å². The van der Waals surface area contributed by atoms with Gasteiger partial charge in [0.25, 0.3) is 0 Å². The number of hydrogen-bond donors (Lipinski definition) is 1. The zero-order valence-electron chi connectivity index (χ0n) is 8.28. The SMILES string of the molecule is CN(CCC(=O)O)[C@@H]1CCC[C@H]1F.Cl. The number of carbonyl (C=O) groups is 1. The van der Waals surface area contributed by atoms with E-state index in [-0.39, 0.29) is 24.9 Å². The third-order valence-electron chi connectivity index (χ3n) is 2.64. The van der Waals surface area contributed by atoms with Crippen LogP contribution in [0.25, 0.3) is 0 Å². The molecule has 0 heterocycles. The predicted molar refractivity (Wildman–Crippen MR) is 54.7 cm³/mol. The Morgan fingerprint density at radius 2 is 2.21 bits per heavy atom. The van der Waals surface area contributed by atoms with Crippen LogP contribution in [0.1, 0.15) is 25.7 Å². The molecule has 0 amide bonds. The van der Waals surface area contributed by atoms with Gasteiger partial charge in [0.15, 0.2) is 0 Å². The van der Waals surface area contributed by atoms with Gasteiger partial charge in [-0.1, -0.05) is 0 Å². The highest BCUT2D eigenvalue weighted by Gasteiger charge is 2.29. The van der Waals surface area contributed by atoms with E-state index in [9.17, 15) is 9.18 Å². The fourth-order valence-electron chi connectivity index (χ4n) is 1.83. The Balaban J connectivity index is 0.00000169. The highest BCUT2D eigenvalue weighted by atomic mass is 35.5. The van der Waals surface area contributed by atoms with E-state index in [1.807, 2.05) is 4.90 Å². The fourth-order valence-corrected chi connectivity index (χ4v) is 1.83. The van der Waals surface area contributed by atoms with Crippen LogP contribution in [0.2, 0.25) is 0 Å². The lowest BCUT2D eigenvalue weighted by Crippen LogP contribution is -2.36. The molecular formula is C9H17ClFNO2. The standard InChI is InChI=1S/C9H16FNO2.ClH/c1-11(6-5-9(12)13)8-4-2-3-7(8)10;/h7-8H,2-6H2,1H3,(H,12,13);1H/t7-,8-;/m1./s1. The van der Waals surface area contributed by atoms with Gasteiger partial charge in [0, 0.05) is 12.6 Å². The maximum Gasteiger partial charge on any atom is 0.304 e. The predicted octanol–water partition coefficient (Wildman–Crippen LogP) is 1.71. The maximum atomic E-state index is 13.2. The third-order valence-corrected chi connectivity index (χ3v) is 2.64. The summed E-state index contributed by atoms with van der Waals surface area (Å²) >= 11 is 0. The zero-order valence-corrected chi connectivity index (χ0v) is 9.10. The molecule has 1 fully saturated rings. The Bertz CT molecular complexity index is 192. The maximum absolute atomic E-state index is 13.2. The Morgan fingerprint density at radius 3 is 2.64 bits per heavy atom. The number of rotatable bonds is 4. The summed E-state index contributed by atoms with van der Waals surface area (Å²) in [6.45, 7) is 0.445. The summed E-state index contributed by atoms with van der Waals surface area (Å²) in [5, 5.41) is 8.45. The van der Waals surface area contributed by atoms with Gasteiger partial charge in [-0.25, -0.2) is 4.39 Å². The molecule has 0 spiro atoms. The van der Waals surface area contributed by atoms with Crippen molar-refractivity contribution >= 4 is 18.4 Å². The minimum absolute atomic E-state index is 0. The first-order valence-corrected chi connectivity index (χ1v) is 4.67. The van der Waals surface area contributed by atoms with Crippen LogP contribution in [0.4, 0.5) is 4.39 Å². The lowest BCUT2D eigenvalue weighted by atomic mass is 10.2. The summed E-state index contributed by atoms with van der Waals surface area (Å²) in [6, 6.07) is -0.0562. The summed E-state index contributed by atoms with van der Waals surface area (Å²) < 4.78 is 13.2. The molecule has 84 valence electrons. The number of carboxylic acid groups (broad SMARTS) is 1. The second kappa shape index (κ2) is 6.19. The monoisotopic (exact) mass is 225 g/mol. The van der Waals surface area contributed by atoms with Gasteiger partial charge < -0.3 is 5.11 Å². The molecule has 0 aromatic carbocycles. The summed E-state index contributed by atoms with van der Waals surface area (Å²) in [5.74, 6) is -0.819. The van der Waals surface area contributed by atoms with Crippen LogP contribution < -0.4 is 0 Å². The number of nitrogens with zero attached hydrogens (tertiary/aromatic N) is 1. The van der Waals surface area contributed by atoms with Gasteiger partial charge in [0.1, 0.15) is 6.17 Å². The molecule has 0 radical (unpaired) electrons. The molecule has 14 heavy (non-hydrogen) atoms. The molecule has 0 aromatic heterocycles. The van der Waals surface area contributed by atoms with Gasteiger partial charge in [-0.15, -0.1) is 12.4 Å². The molecule has 0 bridgehead atoms. The molecule has 1 rings (SSSR count). The number of halogens is 2. The number of hydrogen-bond acceptors (Lipinski definition) is 2. The summed E-state index contributed by atoms with van der Waals surface area (Å²) in [5.41, 5.74) is 0. The van der Waals surface area contributed by atoms with E-state index in [1.54, 1.807) is 7.05 Å². The van der Waals surface area contributed by atoms with Crippen molar-refractivity contribution in [2.45, 2.75) is 37.9 Å². The molecule has 1 aliphatic carbocycles. The minimum atomic E-state index is -0.819. The van der Waals surface area contributed by atoms with Crippen LogP contribution in [0.5, 0.6) is 0 Å². The highest BCUT2D eigenvalue weighted by Crippen LogP contribution is 2.25. The number of aliphatic carboxylic acids is 1. The van der Waals surface area contributed by atoms with E-state index in [2.05, 4.69) is 0 Å². The van der Waals surface area contributed by atoms with Crippen molar-refractivity contribution in [3.63, 3.8) is 0 Å². The van der Waals surface area contributed by atoms with Crippen LogP contribution in [-0.2, 0) is 4.79 Å². The van der Waals surface area contributed by atoms with Crippen molar-refractivity contribution in [3.8, 4) is 0 Å². The molecule has 1 saturated carbocycles. The summed E-state index contributed by atoms with van der Waals surface area (Å²) in [7, 11) is 1.80. The van der Waals surface area contributed by atoms with E-state index < -0.39 is 12.1 Å². The van der Waals surface area contributed by atoms with Gasteiger partial charge >= 0.3 is 5.97 Å². The van der Waals surface area contributed by atoms with Crippen LogP contribution in [0, 0.1) is 0 Å². The van der Waals surface area contributed by atoms with Crippen molar-refractivity contribution in [3.05, 3.63) is 0 Å². The molecule has 1 aliphatic rings. The van der Waals surface area contributed by atoms with Gasteiger partial charge in [0.05, 0.1) is 6.42 Å². The summed E-state index contributed by atoms with van der Waals surface area (Å²) in [4.78, 5) is 12.1. The topological polar surface area (TPSA) is 40.5 Å². The Labute approximate surface area is 89.7 Å². The minimum Gasteiger partial charge on any atom is -0.481 e. The quantitative estimate of drug-likeness (QED) is 0.792. The summed E-state index contributed by atoms with van der Waals surface area (Å²) in [6.07, 6.45) is 1.74. The van der Waals surface area contributed by atoms with Gasteiger partial charge in [-0.2, -0.15) is 0 Å². The van der Waals surface area contributed by atoms with E-state index in [4.69, 9.17) is 5.11 Å². The lowest BCUT2D eigenvalue weighted by Gasteiger charge is -2.24. The average molecular weight is 226 g/mol. The molecule has 0 saturated heterocycles. The first-order valence-electron chi connectivity index (χ1n) is 4.67. The molecular weight excluding hydrogens is 209 g/mol. The second-order valence-electron chi connectivity index (χ2n) is 3.64.